The van der Waals surface area contributed by atoms with E-state index >= 15 is 0 Å². The number of aromatic nitrogens is 1. The highest BCUT2D eigenvalue weighted by molar-refractivity contribution is 7.21. The lowest BCUT2D eigenvalue weighted by Gasteiger charge is -2.07. The molecule has 1 aromatic carbocycles. The lowest BCUT2D eigenvalue weighted by atomic mass is 10.1. The molecule has 0 unspecified atom stereocenters. The fourth-order valence-electron chi connectivity index (χ4n) is 2.35. The Kier molecular flexibility index (Phi) is 3.35. The van der Waals surface area contributed by atoms with Crippen LogP contribution in [-0.4, -0.2) is 10.9 Å². The highest BCUT2D eigenvalue weighted by Gasteiger charge is 2.17. The van der Waals surface area contributed by atoms with E-state index in [9.17, 15) is 4.79 Å². The first-order valence-corrected chi connectivity index (χ1v) is 7.39. The van der Waals surface area contributed by atoms with Gasteiger partial charge in [0.15, 0.2) is 0 Å². The maximum atomic E-state index is 12.4. The van der Waals surface area contributed by atoms with Crippen molar-refractivity contribution in [3.8, 4) is 0 Å². The zero-order chi connectivity index (χ0) is 15.0. The molecule has 0 aliphatic rings. The van der Waals surface area contributed by atoms with Gasteiger partial charge in [-0.2, -0.15) is 0 Å². The number of carbonyl (C=O) groups excluding carboxylic acids is 1. The van der Waals surface area contributed by atoms with Crippen molar-refractivity contribution in [2.45, 2.75) is 13.8 Å². The van der Waals surface area contributed by atoms with E-state index in [2.05, 4.69) is 16.4 Å². The number of hydrogen-bond acceptors (Lipinski definition) is 4. The van der Waals surface area contributed by atoms with Gasteiger partial charge in [-0.15, -0.1) is 11.3 Å². The number of benzene rings is 1. The van der Waals surface area contributed by atoms with Gasteiger partial charge in [0.1, 0.15) is 10.4 Å². The summed E-state index contributed by atoms with van der Waals surface area (Å²) in [6.45, 7) is 4.00. The number of nitrogens with two attached hydrogens (primary N) is 1. The third-order valence-corrected chi connectivity index (χ3v) is 4.33. The Hall–Kier alpha value is -2.40. The second-order valence-electron chi connectivity index (χ2n) is 5.03. The van der Waals surface area contributed by atoms with Crippen LogP contribution >= 0.6 is 11.3 Å². The molecule has 0 saturated heterocycles. The summed E-state index contributed by atoms with van der Waals surface area (Å²) >= 11 is 1.36. The Morgan fingerprint density at radius 2 is 1.95 bits per heavy atom. The van der Waals surface area contributed by atoms with E-state index in [1.165, 1.54) is 11.3 Å². The number of hydrogen-bond donors (Lipinski definition) is 2. The van der Waals surface area contributed by atoms with Gasteiger partial charge in [-0.05, 0) is 49.2 Å². The van der Waals surface area contributed by atoms with Gasteiger partial charge < -0.3 is 11.1 Å². The number of aryl methyl sites for hydroxylation is 2. The second-order valence-corrected chi connectivity index (χ2v) is 6.08. The highest BCUT2D eigenvalue weighted by atomic mass is 32.1. The quantitative estimate of drug-likeness (QED) is 0.757. The molecule has 4 nitrogen and oxygen atoms in total. The van der Waals surface area contributed by atoms with Crippen molar-refractivity contribution in [1.82, 2.24) is 4.98 Å². The van der Waals surface area contributed by atoms with Crippen molar-refractivity contribution < 1.29 is 4.79 Å². The molecule has 0 aliphatic heterocycles. The van der Waals surface area contributed by atoms with Crippen LogP contribution in [0, 0.1) is 13.8 Å². The zero-order valence-electron chi connectivity index (χ0n) is 11.8. The molecule has 0 aliphatic carbocycles. The second kappa shape index (κ2) is 5.18. The number of nitrogens with zero attached hydrogens (tertiary/aromatic N) is 1. The number of nitrogens with one attached hydrogen (secondary N) is 1. The molecule has 0 atom stereocenters. The maximum Gasteiger partial charge on any atom is 0.267 e. The SMILES string of the molecule is Cc1cc(C)cc(NC(=O)c2sc3cccnc3c2N)c1. The number of carbonyl (C=O) groups is 1. The maximum absolute atomic E-state index is 12.4. The molecule has 5 heteroatoms. The van der Waals surface area contributed by atoms with Crippen LogP contribution in [0.2, 0.25) is 0 Å². The first kappa shape index (κ1) is 13.6. The average Bonchev–Trinajstić information content (AvgIpc) is 2.76. The Labute approximate surface area is 126 Å². The van der Waals surface area contributed by atoms with E-state index < -0.39 is 0 Å². The van der Waals surface area contributed by atoms with E-state index in [0.29, 0.717) is 16.1 Å². The predicted octanol–water partition coefficient (Wildman–Crippen LogP) is 3.75. The molecule has 0 fully saturated rings. The van der Waals surface area contributed by atoms with Gasteiger partial charge >= 0.3 is 0 Å². The summed E-state index contributed by atoms with van der Waals surface area (Å²) in [5.41, 5.74) is 10.2. The number of fused-ring (bicyclic) bond motifs is 1. The van der Waals surface area contributed by atoms with Crippen LogP contribution in [-0.2, 0) is 0 Å². The van der Waals surface area contributed by atoms with Gasteiger partial charge in [-0.1, -0.05) is 6.07 Å². The summed E-state index contributed by atoms with van der Waals surface area (Å²) in [7, 11) is 0. The number of thiophene rings is 1. The third kappa shape index (κ3) is 2.60. The minimum absolute atomic E-state index is 0.194. The molecule has 0 bridgehead atoms. The lowest BCUT2D eigenvalue weighted by Crippen LogP contribution is -2.12. The van der Waals surface area contributed by atoms with Crippen molar-refractivity contribution >= 4 is 38.8 Å². The van der Waals surface area contributed by atoms with Crippen molar-refractivity contribution in [1.29, 1.82) is 0 Å². The van der Waals surface area contributed by atoms with Crippen LogP contribution in [0.25, 0.3) is 10.2 Å². The summed E-state index contributed by atoms with van der Waals surface area (Å²) in [5, 5.41) is 2.91. The third-order valence-electron chi connectivity index (χ3n) is 3.17. The van der Waals surface area contributed by atoms with Crippen LogP contribution in [0.5, 0.6) is 0 Å². The number of rotatable bonds is 2. The van der Waals surface area contributed by atoms with E-state index in [4.69, 9.17) is 5.73 Å². The molecule has 2 aromatic heterocycles. The summed E-state index contributed by atoms with van der Waals surface area (Å²) in [5.74, 6) is -0.194. The molecule has 3 rings (SSSR count). The van der Waals surface area contributed by atoms with Gasteiger partial charge in [0.2, 0.25) is 0 Å². The smallest absolute Gasteiger partial charge is 0.267 e. The fourth-order valence-corrected chi connectivity index (χ4v) is 3.33. The van der Waals surface area contributed by atoms with Crippen LogP contribution in [0.4, 0.5) is 11.4 Å². The van der Waals surface area contributed by atoms with Gasteiger partial charge in [0.05, 0.1) is 10.4 Å². The molecule has 3 N–H and O–H groups in total. The Balaban J connectivity index is 1.95. The first-order chi connectivity index (χ1) is 10.0. The lowest BCUT2D eigenvalue weighted by molar-refractivity contribution is 0.103. The standard InChI is InChI=1S/C16H15N3OS/c1-9-6-10(2)8-11(7-9)19-16(20)15-13(17)14-12(21-15)4-3-5-18-14/h3-8H,17H2,1-2H3,(H,19,20). The van der Waals surface area contributed by atoms with Crippen LogP contribution < -0.4 is 11.1 Å². The Morgan fingerprint density at radius 1 is 1.24 bits per heavy atom. The first-order valence-electron chi connectivity index (χ1n) is 6.57. The van der Waals surface area contributed by atoms with Gasteiger partial charge in [-0.3, -0.25) is 9.78 Å². The van der Waals surface area contributed by atoms with E-state index in [1.54, 1.807) is 6.20 Å². The molecule has 0 spiro atoms. The van der Waals surface area contributed by atoms with E-state index in [1.807, 2.05) is 38.1 Å². The summed E-state index contributed by atoms with van der Waals surface area (Å²) in [6, 6.07) is 9.69. The highest BCUT2D eigenvalue weighted by Crippen LogP contribution is 2.32. The molecule has 21 heavy (non-hydrogen) atoms. The van der Waals surface area contributed by atoms with Gasteiger partial charge in [0, 0.05) is 11.9 Å². The predicted molar refractivity (Wildman–Crippen MR) is 87.9 cm³/mol. The molecular weight excluding hydrogens is 282 g/mol. The molecule has 1 amide bonds. The average molecular weight is 297 g/mol. The van der Waals surface area contributed by atoms with Crippen molar-refractivity contribution in [2.24, 2.45) is 0 Å². The largest absolute Gasteiger partial charge is 0.396 e. The minimum Gasteiger partial charge on any atom is -0.396 e. The van der Waals surface area contributed by atoms with Crippen LogP contribution in [0.15, 0.2) is 36.5 Å². The van der Waals surface area contributed by atoms with Gasteiger partial charge in [0.25, 0.3) is 5.91 Å². The van der Waals surface area contributed by atoms with Crippen molar-refractivity contribution in [3.05, 3.63) is 52.5 Å². The van der Waals surface area contributed by atoms with Gasteiger partial charge in [-0.25, -0.2) is 0 Å². The zero-order valence-corrected chi connectivity index (χ0v) is 12.6. The van der Waals surface area contributed by atoms with Crippen LogP contribution in [0.3, 0.4) is 0 Å². The Bertz CT molecular complexity index is 818. The summed E-state index contributed by atoms with van der Waals surface area (Å²) in [4.78, 5) is 17.1. The number of nitrogen functional groups attached to an aromatic ring is 1. The molecule has 3 aromatic rings. The molecule has 106 valence electrons. The van der Waals surface area contributed by atoms with Crippen molar-refractivity contribution in [3.63, 3.8) is 0 Å². The number of pyridine rings is 1. The minimum atomic E-state index is -0.194. The Morgan fingerprint density at radius 3 is 2.62 bits per heavy atom. The molecule has 2 heterocycles. The summed E-state index contributed by atoms with van der Waals surface area (Å²) < 4.78 is 0.917. The topological polar surface area (TPSA) is 68.0 Å². The fraction of sp³-hybridized carbons (Fsp3) is 0.125. The molecule has 0 saturated carbocycles. The number of anilines is 2. The van der Waals surface area contributed by atoms with E-state index in [0.717, 1.165) is 21.5 Å². The number of amides is 1. The monoisotopic (exact) mass is 297 g/mol. The molecule has 0 radical (unpaired) electrons. The van der Waals surface area contributed by atoms with Crippen molar-refractivity contribution in [2.75, 3.05) is 11.1 Å². The van der Waals surface area contributed by atoms with E-state index in [-0.39, 0.29) is 5.91 Å². The van der Waals surface area contributed by atoms with Crippen LogP contribution in [0.1, 0.15) is 20.8 Å². The molecular formula is C16H15N3OS. The summed E-state index contributed by atoms with van der Waals surface area (Å²) in [6.07, 6.45) is 1.68. The normalized spacial score (nSPS) is 10.8.